The summed E-state index contributed by atoms with van der Waals surface area (Å²) in [6.07, 6.45) is 0. The van der Waals surface area contributed by atoms with E-state index in [1.165, 1.54) is 16.2 Å². The van der Waals surface area contributed by atoms with Crippen molar-refractivity contribution in [3.05, 3.63) is 29.3 Å². The maximum absolute atomic E-state index is 12.1. The van der Waals surface area contributed by atoms with Gasteiger partial charge in [0.25, 0.3) is 5.91 Å². The van der Waals surface area contributed by atoms with Crippen LogP contribution in [-0.2, 0) is 0 Å². The molecule has 1 N–H and O–H groups in total. The molecule has 90 valence electrons. The minimum Gasteiger partial charge on any atom is -0.394 e. The third-order valence-electron chi connectivity index (χ3n) is 2.72. The number of rotatable bonds is 3. The van der Waals surface area contributed by atoms with E-state index >= 15 is 0 Å². The van der Waals surface area contributed by atoms with Gasteiger partial charge in [0, 0.05) is 7.05 Å². The van der Waals surface area contributed by atoms with Crippen molar-refractivity contribution in [1.29, 1.82) is 0 Å². The molecule has 0 fully saturated rings. The molecule has 1 aromatic heterocycles. The van der Waals surface area contributed by atoms with Crippen LogP contribution in [0.25, 0.3) is 10.2 Å². The van der Waals surface area contributed by atoms with Gasteiger partial charge in [-0.25, -0.2) is 4.98 Å². The molecule has 0 saturated heterocycles. The number of carbonyl (C=O) groups is 1. The summed E-state index contributed by atoms with van der Waals surface area (Å²) in [7, 11) is 1.68. The third-order valence-corrected chi connectivity index (χ3v) is 3.75. The topological polar surface area (TPSA) is 53.4 Å². The van der Waals surface area contributed by atoms with E-state index in [1.807, 2.05) is 24.3 Å². The molecule has 1 heterocycles. The first kappa shape index (κ1) is 12.0. The lowest BCUT2D eigenvalue weighted by atomic mass is 10.3. The summed E-state index contributed by atoms with van der Waals surface area (Å²) in [5, 5.41) is 9.50. The molecule has 0 aliphatic rings. The van der Waals surface area contributed by atoms with Gasteiger partial charge in [-0.05, 0) is 19.1 Å². The first-order valence-electron chi connectivity index (χ1n) is 5.37. The van der Waals surface area contributed by atoms with Gasteiger partial charge in [-0.15, -0.1) is 11.3 Å². The van der Waals surface area contributed by atoms with E-state index < -0.39 is 0 Å². The minimum atomic E-state index is -0.200. The van der Waals surface area contributed by atoms with Gasteiger partial charge in [0.1, 0.15) is 0 Å². The third kappa shape index (κ3) is 2.30. The summed E-state index contributed by atoms with van der Waals surface area (Å²) in [6.45, 7) is 1.75. The number of likely N-dealkylation sites (N-methyl/N-ethyl adjacent to an activating group) is 1. The second-order valence-electron chi connectivity index (χ2n) is 3.93. The Hall–Kier alpha value is -1.46. The number of amides is 1. The molecular formula is C12H14N2O2S. The van der Waals surface area contributed by atoms with Gasteiger partial charge < -0.3 is 10.0 Å². The van der Waals surface area contributed by atoms with Gasteiger partial charge >= 0.3 is 0 Å². The van der Waals surface area contributed by atoms with Crippen molar-refractivity contribution >= 4 is 27.5 Å². The number of para-hydroxylation sites is 1. The Morgan fingerprint density at radius 1 is 1.53 bits per heavy atom. The normalized spacial score (nSPS) is 12.6. The number of hydrogen-bond acceptors (Lipinski definition) is 4. The molecule has 17 heavy (non-hydrogen) atoms. The van der Waals surface area contributed by atoms with Crippen LogP contribution in [0.4, 0.5) is 0 Å². The Labute approximate surface area is 104 Å². The summed E-state index contributed by atoms with van der Waals surface area (Å²) < 4.78 is 1.00. The van der Waals surface area contributed by atoms with Crippen LogP contribution in [0.3, 0.4) is 0 Å². The van der Waals surface area contributed by atoms with E-state index in [-0.39, 0.29) is 18.6 Å². The molecule has 0 radical (unpaired) electrons. The van der Waals surface area contributed by atoms with Crippen molar-refractivity contribution in [3.8, 4) is 0 Å². The van der Waals surface area contributed by atoms with Crippen molar-refractivity contribution in [1.82, 2.24) is 9.88 Å². The molecule has 0 saturated carbocycles. The standard InChI is InChI=1S/C12H14N2O2S/c1-8(7-15)14(2)12(16)11-13-9-5-3-4-6-10(9)17-11/h3-6,8,15H,7H2,1-2H3. The zero-order chi connectivity index (χ0) is 12.4. The number of benzene rings is 1. The molecule has 2 aromatic rings. The Kier molecular flexibility index (Phi) is 3.40. The van der Waals surface area contributed by atoms with Gasteiger partial charge in [-0.2, -0.15) is 0 Å². The molecular weight excluding hydrogens is 236 g/mol. The highest BCUT2D eigenvalue weighted by atomic mass is 32.1. The fourth-order valence-electron chi connectivity index (χ4n) is 1.44. The van der Waals surface area contributed by atoms with E-state index in [2.05, 4.69) is 4.98 Å². The number of aliphatic hydroxyl groups is 1. The van der Waals surface area contributed by atoms with Crippen LogP contribution in [0.2, 0.25) is 0 Å². The van der Waals surface area contributed by atoms with Crippen molar-refractivity contribution in [2.75, 3.05) is 13.7 Å². The predicted molar refractivity (Wildman–Crippen MR) is 68.3 cm³/mol. The lowest BCUT2D eigenvalue weighted by Crippen LogP contribution is -2.37. The molecule has 4 nitrogen and oxygen atoms in total. The zero-order valence-electron chi connectivity index (χ0n) is 9.75. The Morgan fingerprint density at radius 3 is 2.88 bits per heavy atom. The largest absolute Gasteiger partial charge is 0.394 e. The number of nitrogens with zero attached hydrogens (tertiary/aromatic N) is 2. The molecule has 1 unspecified atom stereocenters. The molecule has 2 rings (SSSR count). The quantitative estimate of drug-likeness (QED) is 0.903. The van der Waals surface area contributed by atoms with Crippen LogP contribution in [0.5, 0.6) is 0 Å². The van der Waals surface area contributed by atoms with Gasteiger partial charge in [0.2, 0.25) is 0 Å². The number of carbonyl (C=O) groups excluding carboxylic acids is 1. The molecule has 0 spiro atoms. The molecule has 1 amide bonds. The first-order chi connectivity index (χ1) is 8.13. The lowest BCUT2D eigenvalue weighted by molar-refractivity contribution is 0.0682. The number of aromatic nitrogens is 1. The number of fused-ring (bicyclic) bond motifs is 1. The number of hydrogen-bond donors (Lipinski definition) is 1. The second-order valence-corrected chi connectivity index (χ2v) is 4.97. The summed E-state index contributed by atoms with van der Waals surface area (Å²) in [5.74, 6) is -0.146. The Morgan fingerprint density at radius 2 is 2.24 bits per heavy atom. The van der Waals surface area contributed by atoms with Crippen LogP contribution < -0.4 is 0 Å². The molecule has 0 bridgehead atoms. The van der Waals surface area contributed by atoms with Gasteiger partial charge in [0.05, 0.1) is 22.9 Å². The van der Waals surface area contributed by atoms with Crippen molar-refractivity contribution in [2.24, 2.45) is 0 Å². The van der Waals surface area contributed by atoms with Gasteiger partial charge in [-0.1, -0.05) is 12.1 Å². The van der Waals surface area contributed by atoms with Crippen molar-refractivity contribution < 1.29 is 9.90 Å². The minimum absolute atomic E-state index is 0.0485. The summed E-state index contributed by atoms with van der Waals surface area (Å²) in [4.78, 5) is 17.9. The predicted octanol–water partition coefficient (Wildman–Crippen LogP) is 1.75. The highest BCUT2D eigenvalue weighted by Gasteiger charge is 2.20. The maximum Gasteiger partial charge on any atom is 0.282 e. The van der Waals surface area contributed by atoms with E-state index in [9.17, 15) is 4.79 Å². The highest BCUT2D eigenvalue weighted by molar-refractivity contribution is 7.20. The average Bonchev–Trinajstić information content (AvgIpc) is 2.79. The molecule has 1 aromatic carbocycles. The molecule has 1 atom stereocenters. The van der Waals surface area contributed by atoms with Crippen LogP contribution in [0.15, 0.2) is 24.3 Å². The molecule has 0 aliphatic heterocycles. The molecule has 5 heteroatoms. The van der Waals surface area contributed by atoms with Crippen LogP contribution in [0, 0.1) is 0 Å². The average molecular weight is 250 g/mol. The Bertz CT molecular complexity index is 505. The summed E-state index contributed by atoms with van der Waals surface area (Å²) in [6, 6.07) is 7.46. The molecule has 0 aliphatic carbocycles. The smallest absolute Gasteiger partial charge is 0.282 e. The first-order valence-corrected chi connectivity index (χ1v) is 6.18. The highest BCUT2D eigenvalue weighted by Crippen LogP contribution is 2.22. The summed E-state index contributed by atoms with van der Waals surface area (Å²) in [5.41, 5.74) is 0.839. The van der Waals surface area contributed by atoms with Crippen LogP contribution >= 0.6 is 11.3 Å². The maximum atomic E-state index is 12.1. The van der Waals surface area contributed by atoms with E-state index in [1.54, 1.807) is 14.0 Å². The lowest BCUT2D eigenvalue weighted by Gasteiger charge is -2.21. The van der Waals surface area contributed by atoms with Gasteiger partial charge in [0.15, 0.2) is 5.01 Å². The SMILES string of the molecule is CC(CO)N(C)C(=O)c1nc2ccccc2s1. The van der Waals surface area contributed by atoms with E-state index in [0.29, 0.717) is 5.01 Å². The second kappa shape index (κ2) is 4.81. The monoisotopic (exact) mass is 250 g/mol. The van der Waals surface area contributed by atoms with Crippen molar-refractivity contribution in [2.45, 2.75) is 13.0 Å². The van der Waals surface area contributed by atoms with Gasteiger partial charge in [-0.3, -0.25) is 4.79 Å². The fraction of sp³-hybridized carbons (Fsp3) is 0.333. The zero-order valence-corrected chi connectivity index (χ0v) is 10.6. The van der Waals surface area contributed by atoms with E-state index in [0.717, 1.165) is 10.2 Å². The number of thiazole rings is 1. The van der Waals surface area contributed by atoms with Crippen LogP contribution in [0.1, 0.15) is 16.7 Å². The number of aliphatic hydroxyl groups excluding tert-OH is 1. The summed E-state index contributed by atoms with van der Waals surface area (Å²) >= 11 is 1.38. The van der Waals surface area contributed by atoms with Crippen molar-refractivity contribution in [3.63, 3.8) is 0 Å². The van der Waals surface area contributed by atoms with Crippen LogP contribution in [-0.4, -0.2) is 40.6 Å². The fourth-order valence-corrected chi connectivity index (χ4v) is 2.39. The Balaban J connectivity index is 2.30. The van der Waals surface area contributed by atoms with E-state index in [4.69, 9.17) is 5.11 Å².